The summed E-state index contributed by atoms with van der Waals surface area (Å²) < 4.78 is 32.7. The van der Waals surface area contributed by atoms with Crippen molar-refractivity contribution in [3.8, 4) is 0 Å². The molecule has 1 fully saturated rings. The van der Waals surface area contributed by atoms with Gasteiger partial charge in [0, 0.05) is 18.3 Å². The number of non-ortho nitro benzene ring substituents is 1. The van der Waals surface area contributed by atoms with Crippen molar-refractivity contribution in [1.82, 2.24) is 20.4 Å². The number of aromatic nitrogens is 2. The number of rotatable bonds is 8. The number of nitro groups is 1. The quantitative estimate of drug-likeness (QED) is 0.238. The summed E-state index contributed by atoms with van der Waals surface area (Å²) >= 11 is 0. The second kappa shape index (κ2) is 11.9. The summed E-state index contributed by atoms with van der Waals surface area (Å²) in [6.07, 6.45) is 9.27. The van der Waals surface area contributed by atoms with Gasteiger partial charge in [-0.2, -0.15) is 0 Å². The van der Waals surface area contributed by atoms with Crippen LogP contribution in [0, 0.1) is 10.1 Å². The molecule has 0 spiro atoms. The number of amides is 2. The largest absolute Gasteiger partial charge is 0.383 e. The second-order valence-electron chi connectivity index (χ2n) is 10.0. The van der Waals surface area contributed by atoms with Gasteiger partial charge < -0.3 is 10.6 Å². The molecule has 0 radical (unpaired) electrons. The zero-order valence-corrected chi connectivity index (χ0v) is 23.1. The summed E-state index contributed by atoms with van der Waals surface area (Å²) in [5.41, 5.74) is 5.19. The molecule has 0 atom stereocenters. The van der Waals surface area contributed by atoms with E-state index in [2.05, 4.69) is 43.0 Å². The third-order valence-electron chi connectivity index (χ3n) is 7.26. The lowest BCUT2D eigenvalue weighted by molar-refractivity contribution is -0.383. The van der Waals surface area contributed by atoms with E-state index in [1.54, 1.807) is 12.1 Å². The number of carbonyl (C=O) groups excluding carboxylic acids is 1. The number of allylic oxidation sites excluding steroid dienone is 4. The third kappa shape index (κ3) is 6.30. The molecule has 2 aromatic carbocycles. The predicted molar refractivity (Wildman–Crippen MR) is 153 cm³/mol. The Morgan fingerprint density at radius 2 is 1.80 bits per heavy atom. The molecule has 5 rings (SSSR count). The first-order chi connectivity index (χ1) is 19.7. The molecule has 2 aliphatic rings. The summed E-state index contributed by atoms with van der Waals surface area (Å²) in [5.74, 6) is 0. The van der Waals surface area contributed by atoms with Crippen LogP contribution >= 0.6 is 0 Å². The monoisotopic (exact) mass is 578 g/mol. The van der Waals surface area contributed by atoms with Crippen LogP contribution in [-0.4, -0.2) is 36.2 Å². The zero-order chi connectivity index (χ0) is 29.0. The Morgan fingerprint density at radius 1 is 1.02 bits per heavy atom. The number of nitrogens with zero attached hydrogens (tertiary/aromatic N) is 3. The fourth-order valence-corrected chi connectivity index (χ4v) is 6.09. The van der Waals surface area contributed by atoms with Gasteiger partial charge in [0.05, 0.1) is 15.5 Å². The molecule has 13 heteroatoms. The Bertz CT molecular complexity index is 1670. The maximum absolute atomic E-state index is 13.0. The van der Waals surface area contributed by atoms with Crippen LogP contribution in [0.25, 0.3) is 11.0 Å². The smallest absolute Gasteiger partial charge is 0.333 e. The number of carbonyl (C=O) groups is 1. The Kier molecular flexibility index (Phi) is 8.15. The van der Waals surface area contributed by atoms with Gasteiger partial charge in [-0.15, -0.1) is 0 Å². The lowest BCUT2D eigenvalue weighted by atomic mass is 10.0. The minimum atomic E-state index is -4.11. The van der Waals surface area contributed by atoms with Crippen molar-refractivity contribution in [3.63, 3.8) is 0 Å². The summed E-state index contributed by atoms with van der Waals surface area (Å²) in [4.78, 5) is 23.4. The average Bonchev–Trinajstić information content (AvgIpc) is 3.62. The van der Waals surface area contributed by atoms with Crippen LogP contribution in [0.3, 0.4) is 0 Å². The average molecular weight is 579 g/mol. The second-order valence-corrected chi connectivity index (χ2v) is 11.7. The molecule has 214 valence electrons. The van der Waals surface area contributed by atoms with Gasteiger partial charge in [-0.3, -0.25) is 10.1 Å². The van der Waals surface area contributed by atoms with Gasteiger partial charge in [-0.1, -0.05) is 24.8 Å². The summed E-state index contributed by atoms with van der Waals surface area (Å²) in [6, 6.07) is 8.25. The molecule has 41 heavy (non-hydrogen) atoms. The van der Waals surface area contributed by atoms with E-state index in [1.165, 1.54) is 29.8 Å². The molecule has 3 aromatic rings. The summed E-state index contributed by atoms with van der Waals surface area (Å²) in [6.45, 7) is 4.60. The molecule has 1 aromatic heterocycles. The van der Waals surface area contributed by atoms with E-state index in [4.69, 9.17) is 0 Å². The standard InChI is InChI=1S/C28H30N6O6S/c1-18-6-3-2-4-7-20-8-5-9-22(20)25(18)30-28(35)33-41(38,39)21-12-10-19(11-13-21)16-17-29-23-14-15-24(34(36)37)27-26(23)31-40-32-27/h7,10-15,29H,1-6,8-9,16-17H2,(H2,30,33,35)/b20-7-,25-22+. The number of hydrogen-bond acceptors (Lipinski definition) is 9. The van der Waals surface area contributed by atoms with Gasteiger partial charge >= 0.3 is 11.7 Å². The summed E-state index contributed by atoms with van der Waals surface area (Å²) in [7, 11) is -4.11. The molecular weight excluding hydrogens is 548 g/mol. The van der Waals surface area contributed by atoms with E-state index in [0.29, 0.717) is 24.4 Å². The fourth-order valence-electron chi connectivity index (χ4n) is 5.18. The van der Waals surface area contributed by atoms with Gasteiger partial charge in [0.1, 0.15) is 0 Å². The van der Waals surface area contributed by atoms with Crippen molar-refractivity contribution < 1.29 is 22.8 Å². The van der Waals surface area contributed by atoms with Crippen molar-refractivity contribution in [1.29, 1.82) is 0 Å². The number of benzene rings is 2. The third-order valence-corrected chi connectivity index (χ3v) is 8.61. The number of anilines is 1. The molecule has 0 saturated heterocycles. The first-order valence-corrected chi connectivity index (χ1v) is 14.9. The highest BCUT2D eigenvalue weighted by Gasteiger charge is 2.24. The molecular formula is C28H30N6O6S. The minimum absolute atomic E-state index is 0.0393. The highest BCUT2D eigenvalue weighted by Crippen LogP contribution is 2.36. The van der Waals surface area contributed by atoms with E-state index in [0.717, 1.165) is 61.7 Å². The Morgan fingerprint density at radius 3 is 2.59 bits per heavy atom. The van der Waals surface area contributed by atoms with E-state index < -0.39 is 21.0 Å². The van der Waals surface area contributed by atoms with Crippen molar-refractivity contribution in [2.75, 3.05) is 11.9 Å². The van der Waals surface area contributed by atoms with Crippen LogP contribution in [0.15, 0.2) is 81.0 Å². The lowest BCUT2D eigenvalue weighted by Crippen LogP contribution is -2.39. The first kappa shape index (κ1) is 28.0. The van der Waals surface area contributed by atoms with E-state index in [1.807, 2.05) is 0 Å². The van der Waals surface area contributed by atoms with E-state index in [-0.39, 0.29) is 21.6 Å². The van der Waals surface area contributed by atoms with Crippen molar-refractivity contribution in [3.05, 3.63) is 87.1 Å². The summed E-state index contributed by atoms with van der Waals surface area (Å²) in [5, 5.41) is 24.5. The van der Waals surface area contributed by atoms with Crippen LogP contribution in [0.1, 0.15) is 50.5 Å². The van der Waals surface area contributed by atoms with Gasteiger partial charge in [-0.05, 0) is 102 Å². The Balaban J connectivity index is 1.21. The molecule has 2 aliphatic carbocycles. The molecule has 0 bridgehead atoms. The van der Waals surface area contributed by atoms with Crippen molar-refractivity contribution >= 4 is 38.5 Å². The maximum atomic E-state index is 13.0. The van der Waals surface area contributed by atoms with Gasteiger partial charge in [0.15, 0.2) is 5.52 Å². The highest BCUT2D eigenvalue weighted by atomic mass is 32.2. The maximum Gasteiger partial charge on any atom is 0.333 e. The molecule has 1 heterocycles. The van der Waals surface area contributed by atoms with Crippen LogP contribution in [-0.2, 0) is 16.4 Å². The number of sulfonamides is 1. The predicted octanol–water partition coefficient (Wildman–Crippen LogP) is 5.27. The number of urea groups is 1. The Hall–Kier alpha value is -4.52. The molecule has 0 unspecified atom stereocenters. The fraction of sp³-hybridized carbons (Fsp3) is 0.321. The molecule has 0 aliphatic heterocycles. The SMILES string of the molecule is C=C1CCCC/C=C2/CCC/C2=C/1NC(=O)NS(=O)(=O)c1ccc(CCNc2ccc([N+](=O)[O-])c3nonc23)cc1. The molecule has 12 nitrogen and oxygen atoms in total. The normalized spacial score (nSPS) is 18.9. The van der Waals surface area contributed by atoms with Gasteiger partial charge in [0.25, 0.3) is 10.0 Å². The molecule has 1 saturated carbocycles. The zero-order valence-electron chi connectivity index (χ0n) is 22.3. The Labute approximate surface area is 236 Å². The van der Waals surface area contributed by atoms with E-state index >= 15 is 0 Å². The van der Waals surface area contributed by atoms with Crippen LogP contribution in [0.4, 0.5) is 16.2 Å². The number of fused-ring (bicyclic) bond motifs is 2. The van der Waals surface area contributed by atoms with Gasteiger partial charge in [0.2, 0.25) is 5.52 Å². The molecule has 2 amide bonds. The van der Waals surface area contributed by atoms with E-state index in [9.17, 15) is 23.3 Å². The highest BCUT2D eigenvalue weighted by molar-refractivity contribution is 7.90. The molecule has 3 N–H and O–H groups in total. The van der Waals surface area contributed by atoms with Crippen LogP contribution < -0.4 is 15.4 Å². The lowest BCUT2D eigenvalue weighted by Gasteiger charge is -2.17. The topological polar surface area (TPSA) is 169 Å². The first-order valence-electron chi connectivity index (χ1n) is 13.4. The number of nitrogens with one attached hydrogen (secondary N) is 3. The number of nitro benzene ring substituents is 1. The van der Waals surface area contributed by atoms with Crippen LogP contribution in [0.5, 0.6) is 0 Å². The number of hydrogen-bond donors (Lipinski definition) is 3. The van der Waals surface area contributed by atoms with Gasteiger partial charge in [-0.25, -0.2) is 22.6 Å². The minimum Gasteiger partial charge on any atom is -0.383 e. The van der Waals surface area contributed by atoms with Crippen molar-refractivity contribution in [2.45, 2.75) is 56.3 Å². The van der Waals surface area contributed by atoms with Crippen molar-refractivity contribution in [2.24, 2.45) is 0 Å². The van der Waals surface area contributed by atoms with Crippen LogP contribution in [0.2, 0.25) is 0 Å².